The van der Waals surface area contributed by atoms with Gasteiger partial charge in [0.1, 0.15) is 5.54 Å². The highest BCUT2D eigenvalue weighted by atomic mass is 35.5. The van der Waals surface area contributed by atoms with E-state index in [-0.39, 0.29) is 53.8 Å². The average Bonchev–Trinajstić information content (AvgIpc) is 3.33. The Morgan fingerprint density at radius 2 is 1.95 bits per heavy atom. The number of nitrogen functional groups attached to an aromatic ring is 1. The second kappa shape index (κ2) is 10.6. The number of para-hydroxylation sites is 1. The number of nitrogens with zero attached hydrogens (tertiary/aromatic N) is 2. The molecule has 194 valence electrons. The average molecular weight is 535 g/mol. The van der Waals surface area contributed by atoms with Gasteiger partial charge in [0.15, 0.2) is 0 Å². The van der Waals surface area contributed by atoms with Crippen molar-refractivity contribution in [3.8, 4) is 0 Å². The normalized spacial score (nSPS) is 17.3. The monoisotopic (exact) mass is 534 g/mol. The highest BCUT2D eigenvalue weighted by Gasteiger charge is 2.44. The lowest BCUT2D eigenvalue weighted by molar-refractivity contribution is -0.137. The van der Waals surface area contributed by atoms with E-state index in [9.17, 15) is 22.8 Å². The van der Waals surface area contributed by atoms with Gasteiger partial charge in [-0.1, -0.05) is 23.7 Å². The summed E-state index contributed by atoms with van der Waals surface area (Å²) in [5.74, 6) is -1.04. The summed E-state index contributed by atoms with van der Waals surface area (Å²) in [6.07, 6.45) is -0.263. The van der Waals surface area contributed by atoms with Crippen LogP contribution >= 0.6 is 11.6 Å². The Balaban J connectivity index is 1.43. The molecule has 1 aliphatic rings. The fourth-order valence-electron chi connectivity index (χ4n) is 3.76. The van der Waals surface area contributed by atoms with Crippen LogP contribution in [0.25, 0.3) is 0 Å². The number of nitrogens with one attached hydrogen (secondary N) is 3. The zero-order valence-corrected chi connectivity index (χ0v) is 20.0. The molecule has 37 heavy (non-hydrogen) atoms. The zero-order valence-electron chi connectivity index (χ0n) is 19.2. The summed E-state index contributed by atoms with van der Waals surface area (Å²) in [5.41, 5.74) is 4.39. The number of hydrogen-bond acceptors (Lipinski definition) is 7. The second-order valence-electron chi connectivity index (χ2n) is 8.35. The molecule has 2 aromatic heterocycles. The molecule has 0 unspecified atom stereocenters. The fourth-order valence-corrected chi connectivity index (χ4v) is 4.00. The van der Waals surface area contributed by atoms with Crippen LogP contribution in [0.15, 0.2) is 55.0 Å². The van der Waals surface area contributed by atoms with Crippen molar-refractivity contribution in [1.82, 2.24) is 20.6 Å². The first-order valence-electron chi connectivity index (χ1n) is 11.0. The Morgan fingerprint density at radius 1 is 1.16 bits per heavy atom. The Labute approximate surface area is 214 Å². The number of benzene rings is 1. The Kier molecular flexibility index (Phi) is 7.50. The molecule has 0 spiro atoms. The topological polar surface area (TPSA) is 131 Å². The van der Waals surface area contributed by atoms with Crippen molar-refractivity contribution in [3.05, 3.63) is 76.8 Å². The smallest absolute Gasteiger partial charge is 0.397 e. The number of aromatic nitrogens is 2. The number of amides is 2. The van der Waals surface area contributed by atoms with Gasteiger partial charge in [0.2, 0.25) is 5.91 Å². The minimum Gasteiger partial charge on any atom is -0.397 e. The molecule has 1 aromatic carbocycles. The fraction of sp³-hybridized carbons (Fsp3) is 0.250. The maximum atomic E-state index is 13.3. The minimum absolute atomic E-state index is 0.0387. The minimum atomic E-state index is -4.54. The van der Waals surface area contributed by atoms with Crippen LogP contribution in [0, 0.1) is 0 Å². The molecule has 0 radical (unpaired) electrons. The van der Waals surface area contributed by atoms with Gasteiger partial charge in [0.05, 0.1) is 58.3 Å². The molecule has 0 aliphatic carbocycles. The largest absolute Gasteiger partial charge is 0.418 e. The summed E-state index contributed by atoms with van der Waals surface area (Å²) in [4.78, 5) is 33.9. The molecule has 3 aromatic rings. The third-order valence-electron chi connectivity index (χ3n) is 5.68. The van der Waals surface area contributed by atoms with Gasteiger partial charge in [-0.2, -0.15) is 13.2 Å². The van der Waals surface area contributed by atoms with Crippen molar-refractivity contribution < 1.29 is 27.5 Å². The van der Waals surface area contributed by atoms with Crippen LogP contribution in [0.5, 0.6) is 0 Å². The van der Waals surface area contributed by atoms with Crippen LogP contribution in [0.4, 0.5) is 30.2 Å². The van der Waals surface area contributed by atoms with Crippen LogP contribution in [0.2, 0.25) is 5.02 Å². The van der Waals surface area contributed by atoms with Crippen molar-refractivity contribution in [2.45, 2.75) is 24.7 Å². The molecular weight excluding hydrogens is 513 g/mol. The van der Waals surface area contributed by atoms with Crippen molar-refractivity contribution in [2.24, 2.45) is 0 Å². The van der Waals surface area contributed by atoms with E-state index < -0.39 is 29.1 Å². The Hall–Kier alpha value is -3.90. The summed E-state index contributed by atoms with van der Waals surface area (Å²) in [6.45, 7) is 0.138. The Morgan fingerprint density at radius 3 is 2.62 bits per heavy atom. The van der Waals surface area contributed by atoms with Gasteiger partial charge < -0.3 is 26.4 Å². The van der Waals surface area contributed by atoms with E-state index in [2.05, 4.69) is 25.9 Å². The lowest BCUT2D eigenvalue weighted by Gasteiger charge is -2.27. The third kappa shape index (κ3) is 6.09. The summed E-state index contributed by atoms with van der Waals surface area (Å²) in [7, 11) is 0. The number of halogens is 4. The van der Waals surface area contributed by atoms with E-state index in [1.165, 1.54) is 48.9 Å². The summed E-state index contributed by atoms with van der Waals surface area (Å²) in [5, 5.41) is 8.21. The Bertz CT molecular complexity index is 1310. The number of hydrogen-bond donors (Lipinski definition) is 4. The highest BCUT2D eigenvalue weighted by Crippen LogP contribution is 2.36. The molecule has 0 bridgehead atoms. The van der Waals surface area contributed by atoms with Crippen molar-refractivity contribution in [3.63, 3.8) is 0 Å². The van der Waals surface area contributed by atoms with Crippen LogP contribution in [-0.2, 0) is 22.3 Å². The molecule has 1 saturated heterocycles. The van der Waals surface area contributed by atoms with Crippen molar-refractivity contribution in [1.29, 1.82) is 0 Å². The number of anilines is 3. The molecule has 13 heteroatoms. The lowest BCUT2D eigenvalue weighted by atomic mass is 9.96. The summed E-state index contributed by atoms with van der Waals surface area (Å²) >= 11 is 6.29. The maximum absolute atomic E-state index is 13.3. The van der Waals surface area contributed by atoms with Gasteiger partial charge >= 0.3 is 6.18 Å². The maximum Gasteiger partial charge on any atom is 0.418 e. The van der Waals surface area contributed by atoms with Gasteiger partial charge in [-0.15, -0.1) is 0 Å². The molecule has 1 aliphatic heterocycles. The van der Waals surface area contributed by atoms with Crippen LogP contribution in [0.3, 0.4) is 0 Å². The number of ether oxygens (including phenoxy) is 1. The van der Waals surface area contributed by atoms with Gasteiger partial charge in [-0.05, 0) is 24.3 Å². The SMILES string of the molecule is Nc1cncc(C(=O)N[C@@]2(C(=O)NCc3ncc(Nc4ccccc4C(F)(F)F)cc3Cl)CCOC2)c1. The van der Waals surface area contributed by atoms with E-state index in [1.54, 1.807) is 0 Å². The van der Waals surface area contributed by atoms with Crippen LogP contribution < -0.4 is 21.7 Å². The van der Waals surface area contributed by atoms with Crippen molar-refractivity contribution in [2.75, 3.05) is 24.3 Å². The first kappa shape index (κ1) is 26.2. The summed E-state index contributed by atoms with van der Waals surface area (Å²) in [6, 6.07) is 7.87. The van der Waals surface area contributed by atoms with Crippen LogP contribution in [0.1, 0.15) is 28.0 Å². The van der Waals surface area contributed by atoms with Gasteiger partial charge in [0, 0.05) is 25.4 Å². The third-order valence-corrected chi connectivity index (χ3v) is 6.00. The molecular formula is C24H22ClF3N6O3. The number of pyridine rings is 2. The summed E-state index contributed by atoms with van der Waals surface area (Å²) < 4.78 is 45.1. The quantitative estimate of drug-likeness (QED) is 0.363. The molecule has 1 fully saturated rings. The van der Waals surface area contributed by atoms with Gasteiger partial charge in [-0.25, -0.2) is 0 Å². The molecule has 3 heterocycles. The highest BCUT2D eigenvalue weighted by molar-refractivity contribution is 6.31. The number of nitrogens with two attached hydrogens (primary N) is 1. The predicted molar refractivity (Wildman–Crippen MR) is 130 cm³/mol. The first-order valence-corrected chi connectivity index (χ1v) is 11.4. The zero-order chi connectivity index (χ0) is 26.6. The van der Waals surface area contributed by atoms with Gasteiger partial charge in [0.25, 0.3) is 5.91 Å². The molecule has 5 N–H and O–H groups in total. The van der Waals surface area contributed by atoms with Crippen molar-refractivity contribution >= 4 is 40.5 Å². The van der Waals surface area contributed by atoms with E-state index in [1.807, 2.05) is 0 Å². The number of carbonyl (C=O) groups excluding carboxylic acids is 2. The number of carbonyl (C=O) groups is 2. The van der Waals surface area contributed by atoms with Gasteiger partial charge in [-0.3, -0.25) is 19.6 Å². The van der Waals surface area contributed by atoms with E-state index in [0.717, 1.165) is 6.07 Å². The molecule has 1 atom stereocenters. The molecule has 2 amide bonds. The van der Waals surface area contributed by atoms with Crippen LogP contribution in [-0.4, -0.2) is 40.5 Å². The van der Waals surface area contributed by atoms with E-state index in [4.69, 9.17) is 22.1 Å². The number of alkyl halides is 3. The molecule has 0 saturated carbocycles. The second-order valence-corrected chi connectivity index (χ2v) is 8.76. The lowest BCUT2D eigenvalue weighted by Crippen LogP contribution is -2.59. The predicted octanol–water partition coefficient (Wildman–Crippen LogP) is 3.68. The van der Waals surface area contributed by atoms with E-state index >= 15 is 0 Å². The molecule has 9 nitrogen and oxygen atoms in total. The molecule has 4 rings (SSSR count). The van der Waals surface area contributed by atoms with E-state index in [0.29, 0.717) is 5.69 Å². The number of rotatable bonds is 7. The first-order chi connectivity index (χ1) is 17.6. The standard InChI is InChI=1S/C24H22ClF3N6O3/c25-18-8-16(33-19-4-2-1-3-17(19)24(26,27)28)11-31-20(18)12-32-22(36)23(5-6-37-13-23)34-21(35)14-7-15(29)10-30-9-14/h1-4,7-11,33H,5-6,12-13,29H2,(H,32,36)(H,34,35)/t23-/m0/s1.